The molecule has 3 nitrogen and oxygen atoms in total. The van der Waals surface area contributed by atoms with Crippen molar-refractivity contribution in [3.63, 3.8) is 0 Å². The number of rotatable bonds is 0. The highest BCUT2D eigenvalue weighted by Crippen LogP contribution is 2.45. The molecule has 0 saturated heterocycles. The Morgan fingerprint density at radius 2 is 2.00 bits per heavy atom. The third-order valence-corrected chi connectivity index (χ3v) is 4.80. The molecular formula is C12H16BrN3S. The highest BCUT2D eigenvalue weighted by atomic mass is 79.9. The van der Waals surface area contributed by atoms with E-state index in [2.05, 4.69) is 48.7 Å². The van der Waals surface area contributed by atoms with Crippen LogP contribution >= 0.6 is 27.3 Å². The van der Waals surface area contributed by atoms with Crippen molar-refractivity contribution in [3.05, 3.63) is 15.3 Å². The van der Waals surface area contributed by atoms with Crippen LogP contribution < -0.4 is 0 Å². The lowest BCUT2D eigenvalue weighted by Gasteiger charge is -2.39. The third kappa shape index (κ3) is 1.74. The summed E-state index contributed by atoms with van der Waals surface area (Å²) in [6.45, 7) is 9.26. The summed E-state index contributed by atoms with van der Waals surface area (Å²) in [4.78, 5) is 5.76. The summed E-state index contributed by atoms with van der Waals surface area (Å²) >= 11 is 5.04. The molecular weight excluding hydrogens is 298 g/mol. The van der Waals surface area contributed by atoms with Gasteiger partial charge >= 0.3 is 0 Å². The first-order valence-electron chi connectivity index (χ1n) is 5.83. The van der Waals surface area contributed by atoms with Gasteiger partial charge in [0.25, 0.3) is 0 Å². The molecule has 0 amide bonds. The minimum atomic E-state index is 0.143. The van der Waals surface area contributed by atoms with Crippen LogP contribution in [-0.2, 0) is 11.8 Å². The number of halogens is 1. The van der Waals surface area contributed by atoms with E-state index < -0.39 is 0 Å². The molecule has 0 aromatic carbocycles. The van der Waals surface area contributed by atoms with Gasteiger partial charge in [-0.2, -0.15) is 0 Å². The summed E-state index contributed by atoms with van der Waals surface area (Å²) < 4.78 is 2.93. The quantitative estimate of drug-likeness (QED) is 0.740. The molecule has 0 aliphatic heterocycles. The minimum Gasteiger partial charge on any atom is -0.222 e. The van der Waals surface area contributed by atoms with E-state index in [1.54, 1.807) is 11.3 Å². The molecule has 0 saturated carbocycles. The second-order valence-corrected chi connectivity index (χ2v) is 8.59. The Morgan fingerprint density at radius 3 is 2.71 bits per heavy atom. The fourth-order valence-corrected chi connectivity index (χ4v) is 4.60. The Hall–Kier alpha value is -0.420. The maximum absolute atomic E-state index is 4.75. The molecule has 0 unspecified atom stereocenters. The topological polar surface area (TPSA) is 30.2 Å². The number of hydrogen-bond acceptors (Lipinski definition) is 3. The monoisotopic (exact) mass is 313 g/mol. The molecule has 2 aromatic heterocycles. The molecule has 3 rings (SSSR count). The van der Waals surface area contributed by atoms with Gasteiger partial charge in [-0.1, -0.05) is 39.0 Å². The van der Waals surface area contributed by atoms with Crippen LogP contribution in [0.2, 0.25) is 0 Å². The number of fused-ring (bicyclic) bond motifs is 3. The Bertz CT molecular complexity index is 594. The zero-order valence-electron chi connectivity index (χ0n) is 10.5. The van der Waals surface area contributed by atoms with Crippen LogP contribution in [-0.4, -0.2) is 14.6 Å². The molecule has 1 aliphatic rings. The van der Waals surface area contributed by atoms with E-state index in [1.165, 1.54) is 17.8 Å². The Kier molecular flexibility index (Phi) is 2.28. The minimum absolute atomic E-state index is 0.143. The first-order chi connectivity index (χ1) is 7.78. The van der Waals surface area contributed by atoms with Crippen molar-refractivity contribution in [1.82, 2.24) is 14.6 Å². The number of imidazole rings is 1. The number of nitrogens with zero attached hydrogens (tertiary/aromatic N) is 3. The van der Waals surface area contributed by atoms with Gasteiger partial charge in [-0.05, 0) is 34.2 Å². The van der Waals surface area contributed by atoms with Crippen molar-refractivity contribution in [2.75, 3.05) is 0 Å². The average molecular weight is 314 g/mol. The molecule has 17 heavy (non-hydrogen) atoms. The standard InChI is InChI=1S/C12H16BrN3S/c1-11(2)5-7-8(12(3,4)6-11)16-10(14-7)17-9(13)15-16/h5-6H2,1-4H3. The van der Waals surface area contributed by atoms with Crippen LogP contribution in [0, 0.1) is 5.41 Å². The predicted octanol–water partition coefficient (Wildman–Crippen LogP) is 3.80. The van der Waals surface area contributed by atoms with Crippen LogP contribution in [0.3, 0.4) is 0 Å². The van der Waals surface area contributed by atoms with Gasteiger partial charge in [0.05, 0.1) is 11.4 Å². The van der Waals surface area contributed by atoms with Gasteiger partial charge in [-0.3, -0.25) is 0 Å². The molecule has 2 heterocycles. The molecule has 92 valence electrons. The van der Waals surface area contributed by atoms with Crippen molar-refractivity contribution < 1.29 is 0 Å². The largest absolute Gasteiger partial charge is 0.222 e. The summed E-state index contributed by atoms with van der Waals surface area (Å²) in [6, 6.07) is 0. The maximum atomic E-state index is 4.75. The lowest BCUT2D eigenvalue weighted by Crippen LogP contribution is -2.35. The first kappa shape index (κ1) is 11.7. The molecule has 0 atom stereocenters. The molecule has 5 heteroatoms. The van der Waals surface area contributed by atoms with Gasteiger partial charge in [0.1, 0.15) is 0 Å². The predicted molar refractivity (Wildman–Crippen MR) is 73.7 cm³/mol. The number of hydrogen-bond donors (Lipinski definition) is 0. The zero-order valence-corrected chi connectivity index (χ0v) is 12.9. The van der Waals surface area contributed by atoms with Crippen molar-refractivity contribution >= 4 is 32.2 Å². The van der Waals surface area contributed by atoms with Crippen LogP contribution in [0.5, 0.6) is 0 Å². The Labute approximate surface area is 113 Å². The second kappa shape index (κ2) is 3.32. The van der Waals surface area contributed by atoms with E-state index in [1.807, 2.05) is 4.52 Å². The zero-order chi connectivity index (χ0) is 12.4. The van der Waals surface area contributed by atoms with E-state index in [4.69, 9.17) is 4.98 Å². The van der Waals surface area contributed by atoms with Crippen molar-refractivity contribution in [1.29, 1.82) is 0 Å². The molecule has 0 N–H and O–H groups in total. The SMILES string of the molecule is CC1(C)Cc2nc3sc(Br)nn3c2C(C)(C)C1. The van der Waals surface area contributed by atoms with Gasteiger partial charge in [0, 0.05) is 5.41 Å². The summed E-state index contributed by atoms with van der Waals surface area (Å²) in [7, 11) is 0. The fraction of sp³-hybridized carbons (Fsp3) is 0.667. The lowest BCUT2D eigenvalue weighted by molar-refractivity contribution is 0.223. The fourth-order valence-electron chi connectivity index (χ4n) is 3.36. The molecule has 0 bridgehead atoms. The summed E-state index contributed by atoms with van der Waals surface area (Å²) in [5.41, 5.74) is 3.01. The smallest absolute Gasteiger partial charge is 0.213 e. The van der Waals surface area contributed by atoms with Crippen molar-refractivity contribution in [2.45, 2.75) is 46.0 Å². The summed E-state index contributed by atoms with van der Waals surface area (Å²) in [6.07, 6.45) is 2.23. The molecule has 2 aromatic rings. The summed E-state index contributed by atoms with van der Waals surface area (Å²) in [5, 5.41) is 4.52. The number of aromatic nitrogens is 3. The van der Waals surface area contributed by atoms with Gasteiger partial charge in [-0.25, -0.2) is 9.50 Å². The highest BCUT2D eigenvalue weighted by Gasteiger charge is 2.41. The Balaban J connectivity index is 2.29. The van der Waals surface area contributed by atoms with Crippen LogP contribution in [0.4, 0.5) is 0 Å². The van der Waals surface area contributed by atoms with Crippen molar-refractivity contribution in [2.24, 2.45) is 5.41 Å². The lowest BCUT2D eigenvalue weighted by atomic mass is 9.66. The van der Waals surface area contributed by atoms with Crippen molar-refractivity contribution in [3.8, 4) is 0 Å². The molecule has 0 spiro atoms. The average Bonchev–Trinajstić information content (AvgIpc) is 2.53. The van der Waals surface area contributed by atoms with Gasteiger partial charge < -0.3 is 0 Å². The van der Waals surface area contributed by atoms with Gasteiger partial charge in [-0.15, -0.1) is 5.10 Å². The third-order valence-electron chi connectivity index (χ3n) is 3.46. The molecule has 1 aliphatic carbocycles. The van der Waals surface area contributed by atoms with E-state index in [-0.39, 0.29) is 5.41 Å². The highest BCUT2D eigenvalue weighted by molar-refractivity contribution is 9.11. The van der Waals surface area contributed by atoms with Crippen LogP contribution in [0.25, 0.3) is 4.96 Å². The van der Waals surface area contributed by atoms with Gasteiger partial charge in [0.2, 0.25) is 4.96 Å². The maximum Gasteiger partial charge on any atom is 0.213 e. The summed E-state index contributed by atoms with van der Waals surface area (Å²) in [5.74, 6) is 0. The van der Waals surface area contributed by atoms with E-state index >= 15 is 0 Å². The Morgan fingerprint density at radius 1 is 1.29 bits per heavy atom. The van der Waals surface area contributed by atoms with E-state index in [0.29, 0.717) is 5.41 Å². The van der Waals surface area contributed by atoms with Crippen LogP contribution in [0.15, 0.2) is 3.92 Å². The van der Waals surface area contributed by atoms with Crippen LogP contribution in [0.1, 0.15) is 45.5 Å². The normalized spacial score (nSPS) is 21.7. The molecule has 0 radical (unpaired) electrons. The molecule has 0 fully saturated rings. The van der Waals surface area contributed by atoms with E-state index in [0.717, 1.165) is 15.3 Å². The van der Waals surface area contributed by atoms with E-state index in [9.17, 15) is 0 Å². The second-order valence-electron chi connectivity index (χ2n) is 6.36. The first-order valence-corrected chi connectivity index (χ1v) is 7.44. The van der Waals surface area contributed by atoms with Gasteiger partial charge in [0.15, 0.2) is 3.92 Å².